The van der Waals surface area contributed by atoms with Crippen LogP contribution >= 0.6 is 0 Å². The number of hydrogen-bond donors (Lipinski definition) is 1. The number of alkyl halides is 3. The summed E-state index contributed by atoms with van der Waals surface area (Å²) in [6.45, 7) is 7.38. The number of aliphatic imine (C=N–C) groups is 1. The molecule has 0 bridgehead atoms. The van der Waals surface area contributed by atoms with E-state index in [9.17, 15) is 13.2 Å². The van der Waals surface area contributed by atoms with Crippen molar-refractivity contribution in [3.8, 4) is 0 Å². The standard InChI is InChI=1S/C22H23F3N4O/c1-4-10-17(26-6-3)18-19(15-11-8-7-9-12-15)28-30-20(18)16-14-27-29(13-5-2)21(16)22(23,24)25/h4,6-12,14,19,28H,1,5,13H2,2-3H3/b17-10-,26-6?. The molecule has 2 heterocycles. The van der Waals surface area contributed by atoms with Crippen molar-refractivity contribution in [3.05, 3.63) is 83.4 Å². The minimum Gasteiger partial charge on any atom is -0.407 e. The molecule has 30 heavy (non-hydrogen) atoms. The molecule has 5 nitrogen and oxygen atoms in total. The fourth-order valence-electron chi connectivity index (χ4n) is 3.39. The molecule has 1 aromatic carbocycles. The van der Waals surface area contributed by atoms with Crippen LogP contribution in [0.1, 0.15) is 43.1 Å². The van der Waals surface area contributed by atoms with Gasteiger partial charge in [-0.2, -0.15) is 18.3 Å². The normalized spacial score (nSPS) is 17.6. The Morgan fingerprint density at radius 2 is 2.07 bits per heavy atom. The summed E-state index contributed by atoms with van der Waals surface area (Å²) in [6, 6.07) is 8.81. The molecule has 158 valence electrons. The molecule has 0 radical (unpaired) electrons. The molecule has 0 saturated carbocycles. The van der Waals surface area contributed by atoms with E-state index < -0.39 is 17.9 Å². The summed E-state index contributed by atoms with van der Waals surface area (Å²) < 4.78 is 42.8. The predicted octanol–water partition coefficient (Wildman–Crippen LogP) is 5.46. The lowest BCUT2D eigenvalue weighted by atomic mass is 9.94. The molecule has 3 rings (SSSR count). The van der Waals surface area contributed by atoms with Crippen LogP contribution in [0.15, 0.2) is 71.5 Å². The van der Waals surface area contributed by atoms with Gasteiger partial charge in [-0.3, -0.25) is 9.67 Å². The third-order valence-corrected chi connectivity index (χ3v) is 4.55. The van der Waals surface area contributed by atoms with Crippen molar-refractivity contribution in [2.45, 2.75) is 39.0 Å². The molecule has 1 atom stereocenters. The molecule has 1 aliphatic heterocycles. The summed E-state index contributed by atoms with van der Waals surface area (Å²) in [6.07, 6.45) is 1.88. The lowest BCUT2D eigenvalue weighted by molar-refractivity contribution is -0.144. The highest BCUT2D eigenvalue weighted by molar-refractivity contribution is 5.74. The number of hydroxylamine groups is 1. The molecule has 1 aliphatic rings. The molecule has 2 aromatic rings. The van der Waals surface area contributed by atoms with E-state index in [2.05, 4.69) is 22.2 Å². The summed E-state index contributed by atoms with van der Waals surface area (Å²) in [5.74, 6) is 0.0530. The smallest absolute Gasteiger partial charge is 0.407 e. The number of allylic oxidation sites excluding steroid dienone is 2. The number of rotatable bonds is 7. The quantitative estimate of drug-likeness (QED) is 0.482. The monoisotopic (exact) mass is 416 g/mol. The second-order valence-electron chi connectivity index (χ2n) is 6.61. The average Bonchev–Trinajstić information content (AvgIpc) is 3.32. The zero-order valence-corrected chi connectivity index (χ0v) is 16.8. The van der Waals surface area contributed by atoms with Gasteiger partial charge in [-0.25, -0.2) is 0 Å². The Morgan fingerprint density at radius 1 is 1.33 bits per heavy atom. The molecule has 0 spiro atoms. The number of nitrogens with one attached hydrogen (secondary N) is 1. The first kappa shape index (κ1) is 21.6. The van der Waals surface area contributed by atoms with Gasteiger partial charge in [0.25, 0.3) is 0 Å². The van der Waals surface area contributed by atoms with Gasteiger partial charge in [-0.1, -0.05) is 49.9 Å². The Morgan fingerprint density at radius 3 is 2.67 bits per heavy atom. The number of hydrogen-bond acceptors (Lipinski definition) is 4. The molecule has 1 N–H and O–H groups in total. The molecule has 0 aliphatic carbocycles. The highest BCUT2D eigenvalue weighted by atomic mass is 19.4. The van der Waals surface area contributed by atoms with Crippen LogP contribution in [0.5, 0.6) is 0 Å². The van der Waals surface area contributed by atoms with Gasteiger partial charge in [-0.15, -0.1) is 5.48 Å². The molecule has 0 saturated heterocycles. The fourth-order valence-corrected chi connectivity index (χ4v) is 3.39. The van der Waals surface area contributed by atoms with Crippen LogP contribution in [-0.4, -0.2) is 16.0 Å². The van der Waals surface area contributed by atoms with Crippen LogP contribution in [0.4, 0.5) is 13.2 Å². The number of nitrogens with zero attached hydrogens (tertiary/aromatic N) is 3. The summed E-state index contributed by atoms with van der Waals surface area (Å²) in [4.78, 5) is 10.0. The zero-order valence-electron chi connectivity index (χ0n) is 16.8. The Balaban J connectivity index is 2.27. The Bertz CT molecular complexity index is 988. The average molecular weight is 416 g/mol. The van der Waals surface area contributed by atoms with E-state index in [0.29, 0.717) is 17.7 Å². The number of aryl methyl sites for hydroxylation is 1. The molecule has 8 heteroatoms. The summed E-state index contributed by atoms with van der Waals surface area (Å²) >= 11 is 0. The van der Waals surface area contributed by atoms with Crippen molar-refractivity contribution in [2.24, 2.45) is 4.99 Å². The zero-order chi connectivity index (χ0) is 21.7. The van der Waals surface area contributed by atoms with Gasteiger partial charge in [0.2, 0.25) is 0 Å². The minimum atomic E-state index is -4.59. The Kier molecular flexibility index (Phi) is 6.56. The maximum atomic E-state index is 13.9. The molecule has 0 fully saturated rings. The molecular formula is C22H23F3N4O. The number of aromatic nitrogens is 2. The van der Waals surface area contributed by atoms with Gasteiger partial charge in [0.05, 0.1) is 23.5 Å². The summed E-state index contributed by atoms with van der Waals surface area (Å²) in [5, 5.41) is 3.98. The van der Waals surface area contributed by atoms with Crippen LogP contribution in [0.3, 0.4) is 0 Å². The van der Waals surface area contributed by atoms with E-state index in [1.165, 1.54) is 6.20 Å². The highest BCUT2D eigenvalue weighted by Gasteiger charge is 2.42. The van der Waals surface area contributed by atoms with Crippen molar-refractivity contribution in [1.29, 1.82) is 0 Å². The van der Waals surface area contributed by atoms with Crippen LogP contribution in [0, 0.1) is 0 Å². The lowest BCUT2D eigenvalue weighted by Crippen LogP contribution is -2.17. The maximum absolute atomic E-state index is 13.9. The topological polar surface area (TPSA) is 51.4 Å². The van der Waals surface area contributed by atoms with Crippen molar-refractivity contribution in [1.82, 2.24) is 15.3 Å². The van der Waals surface area contributed by atoms with Crippen molar-refractivity contribution < 1.29 is 18.0 Å². The van der Waals surface area contributed by atoms with Gasteiger partial charge in [0.1, 0.15) is 0 Å². The molecule has 0 amide bonds. The van der Waals surface area contributed by atoms with E-state index in [1.807, 2.05) is 30.3 Å². The molecule has 1 unspecified atom stereocenters. The Hall–Kier alpha value is -3.13. The third kappa shape index (κ3) is 4.23. The van der Waals surface area contributed by atoms with Crippen LogP contribution in [0.25, 0.3) is 5.76 Å². The largest absolute Gasteiger partial charge is 0.433 e. The fraction of sp³-hybridized carbons (Fsp3) is 0.273. The second kappa shape index (κ2) is 9.13. The van der Waals surface area contributed by atoms with Crippen molar-refractivity contribution >= 4 is 12.0 Å². The maximum Gasteiger partial charge on any atom is 0.433 e. The first-order chi connectivity index (χ1) is 14.4. The van der Waals surface area contributed by atoms with Crippen molar-refractivity contribution in [2.75, 3.05) is 0 Å². The molecular weight excluding hydrogens is 393 g/mol. The van der Waals surface area contributed by atoms with Crippen LogP contribution < -0.4 is 5.48 Å². The number of benzene rings is 1. The Labute approximate surface area is 173 Å². The molecule has 1 aromatic heterocycles. The van der Waals surface area contributed by atoms with Gasteiger partial charge in [-0.05, 0) is 25.0 Å². The summed E-state index contributed by atoms with van der Waals surface area (Å²) in [5.41, 5.74) is 3.67. The van der Waals surface area contributed by atoms with Gasteiger partial charge < -0.3 is 4.84 Å². The minimum absolute atomic E-state index is 0.0530. The first-order valence-electron chi connectivity index (χ1n) is 9.59. The first-order valence-corrected chi connectivity index (χ1v) is 9.59. The van der Waals surface area contributed by atoms with Gasteiger partial charge in [0.15, 0.2) is 11.5 Å². The van der Waals surface area contributed by atoms with E-state index in [4.69, 9.17) is 4.84 Å². The predicted molar refractivity (Wildman–Crippen MR) is 110 cm³/mol. The van der Waals surface area contributed by atoms with E-state index >= 15 is 0 Å². The van der Waals surface area contributed by atoms with Crippen LogP contribution in [0.2, 0.25) is 0 Å². The third-order valence-electron chi connectivity index (χ3n) is 4.55. The summed E-state index contributed by atoms with van der Waals surface area (Å²) in [7, 11) is 0. The SMILES string of the molecule is C=C/C=C(\N=CC)C1=C(c2cnn(CCC)c2C(F)(F)F)ONC1c1ccccc1. The second-order valence-corrected chi connectivity index (χ2v) is 6.61. The van der Waals surface area contributed by atoms with E-state index in [0.717, 1.165) is 10.2 Å². The van der Waals surface area contributed by atoms with E-state index in [1.54, 1.807) is 32.2 Å². The van der Waals surface area contributed by atoms with E-state index in [-0.39, 0.29) is 17.9 Å². The van der Waals surface area contributed by atoms with Gasteiger partial charge >= 0.3 is 6.18 Å². The number of halogens is 3. The van der Waals surface area contributed by atoms with Crippen molar-refractivity contribution in [3.63, 3.8) is 0 Å². The highest BCUT2D eigenvalue weighted by Crippen LogP contribution is 2.43. The van der Waals surface area contributed by atoms with Gasteiger partial charge in [0, 0.05) is 18.3 Å². The van der Waals surface area contributed by atoms with Crippen LogP contribution in [-0.2, 0) is 17.6 Å². The lowest BCUT2D eigenvalue weighted by Gasteiger charge is -2.14.